The minimum absolute atomic E-state index is 0. The Labute approximate surface area is 77.0 Å². The van der Waals surface area contributed by atoms with Crippen molar-refractivity contribution < 1.29 is 10.3 Å². The van der Waals surface area contributed by atoms with Crippen LogP contribution in [0, 0.1) is 0 Å². The molecular weight excluding hydrogens is 168 g/mol. The molecule has 2 aliphatic rings. The van der Waals surface area contributed by atoms with Crippen LogP contribution in [0.25, 0.3) is 0 Å². The van der Waals surface area contributed by atoms with Gasteiger partial charge < -0.3 is 16.1 Å². The predicted octanol–water partition coefficient (Wildman–Crippen LogP) is -0.433. The highest BCUT2D eigenvalue weighted by Gasteiger charge is 2.23. The molecule has 0 aromatic carbocycles. The summed E-state index contributed by atoms with van der Waals surface area (Å²) in [6.07, 6.45) is 5.99. The van der Waals surface area contributed by atoms with Crippen molar-refractivity contribution in [2.45, 2.75) is 12.8 Å². The summed E-state index contributed by atoms with van der Waals surface area (Å²) in [4.78, 5) is 13.2. The monoisotopic (exact) mass is 182 g/mol. The molecule has 13 heavy (non-hydrogen) atoms. The smallest absolute Gasteiger partial charge is 0.250 e. The van der Waals surface area contributed by atoms with Crippen molar-refractivity contribution in [3.63, 3.8) is 0 Å². The second kappa shape index (κ2) is 3.62. The van der Waals surface area contributed by atoms with Gasteiger partial charge in [0.25, 0.3) is 0 Å². The summed E-state index contributed by atoms with van der Waals surface area (Å²) in [6.45, 7) is 2.00. The van der Waals surface area contributed by atoms with Crippen LogP contribution in [0.4, 0.5) is 0 Å². The fraction of sp³-hybridized carbons (Fsp3) is 0.444. The Kier molecular flexibility index (Phi) is 2.72. The van der Waals surface area contributed by atoms with E-state index in [4.69, 9.17) is 5.73 Å². The molecule has 2 heterocycles. The highest BCUT2D eigenvalue weighted by atomic mass is 16.1. The molecule has 4 nitrogen and oxygen atoms in total. The number of amides is 1. The van der Waals surface area contributed by atoms with Crippen LogP contribution in [-0.4, -0.2) is 29.4 Å². The number of hydrogen-bond donors (Lipinski definition) is 1. The molecule has 1 saturated heterocycles. The Hall–Kier alpha value is -1.29. The maximum absolute atomic E-state index is 11.0. The Bertz CT molecular complexity index is 281. The van der Waals surface area contributed by atoms with E-state index >= 15 is 0 Å². The Morgan fingerprint density at radius 1 is 1.54 bits per heavy atom. The zero-order valence-corrected chi connectivity index (χ0v) is 7.42. The van der Waals surface area contributed by atoms with Gasteiger partial charge in [-0.2, -0.15) is 0 Å². The molecule has 2 rings (SSSR count). The summed E-state index contributed by atoms with van der Waals surface area (Å²) in [7, 11) is 0. The van der Waals surface area contributed by atoms with Gasteiger partial charge in [-0.15, -0.1) is 0 Å². The lowest BCUT2D eigenvalue weighted by atomic mass is 10.1. The number of nitrogens with zero attached hydrogens (tertiary/aromatic N) is 1. The molecule has 0 aromatic heterocycles. The Balaban J connectivity index is 0.000000845. The number of carbonyl (C=O) groups is 1. The summed E-state index contributed by atoms with van der Waals surface area (Å²) in [5, 5.41) is 0. The molecule has 0 spiro atoms. The summed E-state index contributed by atoms with van der Waals surface area (Å²) >= 11 is 0. The molecule has 0 aromatic rings. The van der Waals surface area contributed by atoms with E-state index in [1.165, 1.54) is 0 Å². The minimum Gasteiger partial charge on any atom is -0.412 e. The first-order chi connectivity index (χ1) is 5.79. The Morgan fingerprint density at radius 3 is 3.00 bits per heavy atom. The molecule has 0 atom stereocenters. The van der Waals surface area contributed by atoms with E-state index in [1.54, 1.807) is 0 Å². The maximum Gasteiger partial charge on any atom is 0.250 e. The van der Waals surface area contributed by atoms with Gasteiger partial charge in [0.05, 0.1) is 5.57 Å². The van der Waals surface area contributed by atoms with Crippen molar-refractivity contribution in [1.82, 2.24) is 4.90 Å². The topological polar surface area (TPSA) is 77.8 Å². The second-order valence-electron chi connectivity index (χ2n) is 3.18. The predicted molar refractivity (Wildman–Crippen MR) is 49.8 cm³/mol. The van der Waals surface area contributed by atoms with Gasteiger partial charge in [-0.25, -0.2) is 0 Å². The molecule has 4 N–H and O–H groups in total. The number of primary amides is 1. The van der Waals surface area contributed by atoms with Crippen LogP contribution >= 0.6 is 0 Å². The van der Waals surface area contributed by atoms with E-state index in [0.717, 1.165) is 31.6 Å². The van der Waals surface area contributed by atoms with E-state index in [9.17, 15) is 4.79 Å². The molecule has 0 aliphatic carbocycles. The number of carbonyl (C=O) groups excluding carboxylic acids is 1. The molecule has 2 aliphatic heterocycles. The van der Waals surface area contributed by atoms with Crippen LogP contribution in [0.1, 0.15) is 12.8 Å². The third-order valence-electron chi connectivity index (χ3n) is 2.41. The van der Waals surface area contributed by atoms with Crippen molar-refractivity contribution in [2.75, 3.05) is 13.1 Å². The van der Waals surface area contributed by atoms with Crippen LogP contribution in [0.15, 0.2) is 23.4 Å². The molecule has 1 fully saturated rings. The number of fused-ring (bicyclic) bond motifs is 1. The number of allylic oxidation sites excluding steroid dienone is 1. The van der Waals surface area contributed by atoms with Gasteiger partial charge in [-0.3, -0.25) is 4.79 Å². The van der Waals surface area contributed by atoms with Gasteiger partial charge in [0.2, 0.25) is 5.91 Å². The van der Waals surface area contributed by atoms with Crippen LogP contribution in [-0.2, 0) is 4.79 Å². The van der Waals surface area contributed by atoms with E-state index in [0.29, 0.717) is 5.57 Å². The summed E-state index contributed by atoms with van der Waals surface area (Å²) in [5.41, 5.74) is 7.10. The maximum atomic E-state index is 11.0. The number of rotatable bonds is 1. The van der Waals surface area contributed by atoms with Crippen molar-refractivity contribution in [2.24, 2.45) is 5.73 Å². The first-order valence-electron chi connectivity index (χ1n) is 4.23. The molecule has 0 saturated carbocycles. The first kappa shape index (κ1) is 9.80. The fourth-order valence-corrected chi connectivity index (χ4v) is 1.86. The fourth-order valence-electron chi connectivity index (χ4n) is 1.86. The summed E-state index contributed by atoms with van der Waals surface area (Å²) < 4.78 is 0. The van der Waals surface area contributed by atoms with Gasteiger partial charge in [0.15, 0.2) is 0 Å². The van der Waals surface area contributed by atoms with Gasteiger partial charge in [0, 0.05) is 18.8 Å². The standard InChI is InChI=1S/C9H12N2O.H2O/c10-9(12)7-3-1-5-11-6-2-4-8(7)11;/h1,3H,2,4-6H2,(H2,10,12);1H2. The van der Waals surface area contributed by atoms with Gasteiger partial charge in [-0.05, 0) is 18.9 Å². The quantitative estimate of drug-likeness (QED) is 0.597. The van der Waals surface area contributed by atoms with E-state index < -0.39 is 0 Å². The number of nitrogens with two attached hydrogens (primary N) is 1. The normalized spacial score (nSPS) is 19.8. The average Bonchev–Trinajstić information content (AvgIpc) is 2.49. The lowest BCUT2D eigenvalue weighted by Gasteiger charge is -2.22. The van der Waals surface area contributed by atoms with Crippen LogP contribution in [0.5, 0.6) is 0 Å². The van der Waals surface area contributed by atoms with Gasteiger partial charge >= 0.3 is 0 Å². The van der Waals surface area contributed by atoms with Crippen LogP contribution in [0.3, 0.4) is 0 Å². The molecule has 0 unspecified atom stereocenters. The van der Waals surface area contributed by atoms with Crippen molar-refractivity contribution in [3.8, 4) is 0 Å². The lowest BCUT2D eigenvalue weighted by molar-refractivity contribution is -0.114. The lowest BCUT2D eigenvalue weighted by Crippen LogP contribution is -2.26. The zero-order chi connectivity index (χ0) is 8.55. The zero-order valence-electron chi connectivity index (χ0n) is 7.42. The average molecular weight is 182 g/mol. The first-order valence-corrected chi connectivity index (χ1v) is 4.23. The van der Waals surface area contributed by atoms with E-state index in [1.807, 2.05) is 12.2 Å². The molecule has 72 valence electrons. The second-order valence-corrected chi connectivity index (χ2v) is 3.18. The van der Waals surface area contributed by atoms with E-state index in [-0.39, 0.29) is 11.4 Å². The molecular formula is C9H14N2O2. The SMILES string of the molecule is NC(=O)C1=C2CCCN2CC=C1.O. The number of hydrogen-bond acceptors (Lipinski definition) is 2. The van der Waals surface area contributed by atoms with Crippen molar-refractivity contribution in [3.05, 3.63) is 23.4 Å². The van der Waals surface area contributed by atoms with Crippen molar-refractivity contribution >= 4 is 5.91 Å². The molecule has 1 amide bonds. The highest BCUT2D eigenvalue weighted by Crippen LogP contribution is 2.27. The third kappa shape index (κ3) is 1.58. The van der Waals surface area contributed by atoms with Gasteiger partial charge in [0.1, 0.15) is 0 Å². The molecule has 0 radical (unpaired) electrons. The van der Waals surface area contributed by atoms with E-state index in [2.05, 4.69) is 4.90 Å². The minimum atomic E-state index is -0.298. The van der Waals surface area contributed by atoms with Crippen molar-refractivity contribution in [1.29, 1.82) is 0 Å². The Morgan fingerprint density at radius 2 is 2.31 bits per heavy atom. The summed E-state index contributed by atoms with van der Waals surface area (Å²) in [6, 6.07) is 0. The van der Waals surface area contributed by atoms with Crippen LogP contribution < -0.4 is 5.73 Å². The molecule has 0 bridgehead atoms. The third-order valence-corrected chi connectivity index (χ3v) is 2.41. The molecule has 4 heteroatoms. The summed E-state index contributed by atoms with van der Waals surface area (Å²) in [5.74, 6) is -0.298. The van der Waals surface area contributed by atoms with Crippen LogP contribution in [0.2, 0.25) is 0 Å². The van der Waals surface area contributed by atoms with Gasteiger partial charge in [-0.1, -0.05) is 6.08 Å². The largest absolute Gasteiger partial charge is 0.412 e. The highest BCUT2D eigenvalue weighted by molar-refractivity contribution is 5.95.